The third-order valence-electron chi connectivity index (χ3n) is 0.823. The van der Waals surface area contributed by atoms with Crippen molar-refractivity contribution < 1.29 is 9.53 Å². The molecule has 0 rings (SSSR count). The van der Waals surface area contributed by atoms with Crippen molar-refractivity contribution in [1.82, 2.24) is 0 Å². The van der Waals surface area contributed by atoms with Crippen LogP contribution in [0.1, 0.15) is 20.8 Å². The number of carbonyl (C=O) groups is 1. The number of alkyl halides is 1. The van der Waals surface area contributed by atoms with Crippen LogP contribution < -0.4 is 0 Å². The van der Waals surface area contributed by atoms with Crippen LogP contribution in [0.25, 0.3) is 0 Å². The minimum absolute atomic E-state index is 0.206. The molecule has 0 radical (unpaired) electrons. The maximum Gasteiger partial charge on any atom is 0.316 e. The molecule has 0 aliphatic carbocycles. The van der Waals surface area contributed by atoms with Gasteiger partial charge in [-0.25, -0.2) is 0 Å². The van der Waals surface area contributed by atoms with Gasteiger partial charge >= 0.3 is 5.97 Å². The van der Waals surface area contributed by atoms with E-state index in [2.05, 4.69) is 34.5 Å². The number of carbonyl (C=O) groups excluding carboxylic acids is 1. The van der Waals surface area contributed by atoms with E-state index in [0.29, 0.717) is 11.9 Å². The van der Waals surface area contributed by atoms with Gasteiger partial charge in [-0.05, 0) is 18.4 Å². The lowest BCUT2D eigenvalue weighted by atomic mass is 10.8. The zero-order valence-electron chi connectivity index (χ0n) is 7.93. The van der Waals surface area contributed by atoms with Crippen LogP contribution in [0.2, 0.25) is 0 Å². The van der Waals surface area contributed by atoms with Crippen molar-refractivity contribution in [1.29, 1.82) is 0 Å². The zero-order chi connectivity index (χ0) is 9.82. The second-order valence-corrected chi connectivity index (χ2v) is 3.84. The van der Waals surface area contributed by atoms with Gasteiger partial charge in [-0.1, -0.05) is 29.8 Å². The van der Waals surface area contributed by atoms with E-state index in [1.807, 2.05) is 11.8 Å². The molecule has 0 unspecified atom stereocenters. The van der Waals surface area contributed by atoms with Crippen molar-refractivity contribution in [2.45, 2.75) is 20.8 Å². The number of thioether (sulfide) groups is 1. The Bertz CT molecular complexity index is 97.1. The van der Waals surface area contributed by atoms with Gasteiger partial charge in [-0.3, -0.25) is 4.79 Å². The van der Waals surface area contributed by atoms with Crippen LogP contribution in [0.15, 0.2) is 0 Å². The Morgan fingerprint density at radius 3 is 1.92 bits per heavy atom. The smallest absolute Gasteiger partial charge is 0.316 e. The van der Waals surface area contributed by atoms with Gasteiger partial charge < -0.3 is 4.74 Å². The Morgan fingerprint density at radius 1 is 1.33 bits per heavy atom. The average molecular weight is 257 g/mol. The van der Waals surface area contributed by atoms with E-state index in [1.54, 1.807) is 6.92 Å². The van der Waals surface area contributed by atoms with E-state index in [1.165, 1.54) is 11.5 Å². The van der Waals surface area contributed by atoms with Gasteiger partial charge in [0.25, 0.3) is 0 Å². The molecule has 0 aliphatic heterocycles. The largest absolute Gasteiger partial charge is 0.465 e. The predicted octanol–water partition coefficient (Wildman–Crippen LogP) is 2.70. The number of esters is 1. The standard InChI is InChI=1S/C4H7BrO2.C4H10S/c1-2-7-4(6)3-5;1-3-5-4-2/h2-3H2,1H3;3-4H2,1-2H3. The van der Waals surface area contributed by atoms with Crippen LogP contribution >= 0.6 is 27.7 Å². The Balaban J connectivity index is 0. The number of rotatable bonds is 4. The summed E-state index contributed by atoms with van der Waals surface area (Å²) in [6.45, 7) is 6.59. The SMILES string of the molecule is CCOC(=O)CBr.CCSCC. The molecule has 0 spiro atoms. The molecular formula is C8H17BrO2S. The van der Waals surface area contributed by atoms with E-state index in [4.69, 9.17) is 0 Å². The topological polar surface area (TPSA) is 26.3 Å². The van der Waals surface area contributed by atoms with Crippen molar-refractivity contribution >= 4 is 33.7 Å². The first-order valence-electron chi connectivity index (χ1n) is 4.02. The molecule has 0 aromatic carbocycles. The lowest BCUT2D eigenvalue weighted by Crippen LogP contribution is -2.03. The summed E-state index contributed by atoms with van der Waals surface area (Å²) in [6, 6.07) is 0. The predicted molar refractivity (Wildman–Crippen MR) is 59.1 cm³/mol. The van der Waals surface area contributed by atoms with Gasteiger partial charge in [-0.2, -0.15) is 11.8 Å². The highest BCUT2D eigenvalue weighted by Gasteiger charge is 1.92. The molecule has 0 saturated heterocycles. The zero-order valence-corrected chi connectivity index (χ0v) is 10.3. The minimum atomic E-state index is -0.206. The molecule has 74 valence electrons. The summed E-state index contributed by atoms with van der Waals surface area (Å²) in [5.74, 6) is 2.31. The summed E-state index contributed by atoms with van der Waals surface area (Å²) in [7, 11) is 0. The van der Waals surface area contributed by atoms with Gasteiger partial charge in [0.15, 0.2) is 0 Å². The monoisotopic (exact) mass is 256 g/mol. The Morgan fingerprint density at radius 2 is 1.83 bits per heavy atom. The van der Waals surface area contributed by atoms with E-state index < -0.39 is 0 Å². The molecule has 0 N–H and O–H groups in total. The number of halogens is 1. The maximum absolute atomic E-state index is 10.1. The van der Waals surface area contributed by atoms with Gasteiger partial charge in [0.05, 0.1) is 6.61 Å². The molecule has 0 amide bonds. The number of hydrogen-bond donors (Lipinski definition) is 0. The van der Waals surface area contributed by atoms with E-state index in [-0.39, 0.29) is 5.97 Å². The van der Waals surface area contributed by atoms with E-state index >= 15 is 0 Å². The Labute approximate surface area is 87.6 Å². The fourth-order valence-corrected chi connectivity index (χ4v) is 0.974. The summed E-state index contributed by atoms with van der Waals surface area (Å²) >= 11 is 4.90. The molecule has 12 heavy (non-hydrogen) atoms. The Kier molecular flexibility index (Phi) is 17.1. The summed E-state index contributed by atoms with van der Waals surface area (Å²) in [4.78, 5) is 10.1. The maximum atomic E-state index is 10.1. The summed E-state index contributed by atoms with van der Waals surface area (Å²) in [5.41, 5.74) is 0. The third-order valence-corrected chi connectivity index (χ3v) is 2.10. The van der Waals surface area contributed by atoms with Crippen molar-refractivity contribution in [3.05, 3.63) is 0 Å². The highest BCUT2D eigenvalue weighted by molar-refractivity contribution is 9.09. The van der Waals surface area contributed by atoms with Crippen LogP contribution in [0, 0.1) is 0 Å². The summed E-state index contributed by atoms with van der Waals surface area (Å²) < 4.78 is 4.51. The molecule has 4 heteroatoms. The van der Waals surface area contributed by atoms with Gasteiger partial charge in [-0.15, -0.1) is 0 Å². The van der Waals surface area contributed by atoms with Crippen molar-refractivity contribution in [2.24, 2.45) is 0 Å². The van der Waals surface area contributed by atoms with Crippen LogP contribution in [-0.4, -0.2) is 29.4 Å². The van der Waals surface area contributed by atoms with Crippen LogP contribution in [0.4, 0.5) is 0 Å². The van der Waals surface area contributed by atoms with Crippen molar-refractivity contribution in [2.75, 3.05) is 23.4 Å². The first-order chi connectivity index (χ1) is 5.72. The second-order valence-electron chi connectivity index (χ2n) is 1.72. The van der Waals surface area contributed by atoms with E-state index in [9.17, 15) is 4.79 Å². The van der Waals surface area contributed by atoms with Crippen LogP contribution in [0.5, 0.6) is 0 Å². The molecule has 0 aromatic heterocycles. The first-order valence-corrected chi connectivity index (χ1v) is 6.29. The lowest BCUT2D eigenvalue weighted by molar-refractivity contribution is -0.139. The van der Waals surface area contributed by atoms with Crippen molar-refractivity contribution in [3.8, 4) is 0 Å². The molecule has 0 atom stereocenters. The molecule has 0 fully saturated rings. The number of hydrogen-bond acceptors (Lipinski definition) is 3. The fourth-order valence-electron chi connectivity index (χ4n) is 0.404. The van der Waals surface area contributed by atoms with Crippen LogP contribution in [0.3, 0.4) is 0 Å². The lowest BCUT2D eigenvalue weighted by Gasteiger charge is -1.92. The molecule has 0 heterocycles. The highest BCUT2D eigenvalue weighted by Crippen LogP contribution is 1.93. The summed E-state index contributed by atoms with van der Waals surface area (Å²) in [5, 5.41) is 0.292. The molecule has 2 nitrogen and oxygen atoms in total. The molecule has 0 aromatic rings. The van der Waals surface area contributed by atoms with E-state index in [0.717, 1.165) is 0 Å². The van der Waals surface area contributed by atoms with Gasteiger partial charge in [0.1, 0.15) is 5.33 Å². The molecule has 0 bridgehead atoms. The highest BCUT2D eigenvalue weighted by atomic mass is 79.9. The fraction of sp³-hybridized carbons (Fsp3) is 0.875. The number of ether oxygens (including phenoxy) is 1. The second kappa shape index (κ2) is 13.9. The third kappa shape index (κ3) is 16.7. The van der Waals surface area contributed by atoms with Crippen molar-refractivity contribution in [3.63, 3.8) is 0 Å². The quantitative estimate of drug-likeness (QED) is 0.572. The average Bonchev–Trinajstić information content (AvgIpc) is 2.07. The van der Waals surface area contributed by atoms with Gasteiger partial charge in [0, 0.05) is 0 Å². The minimum Gasteiger partial charge on any atom is -0.465 e. The molecule has 0 saturated carbocycles. The molecular weight excluding hydrogens is 240 g/mol. The molecule has 0 aliphatic rings. The summed E-state index contributed by atoms with van der Waals surface area (Å²) in [6.07, 6.45) is 0. The van der Waals surface area contributed by atoms with Crippen LogP contribution in [-0.2, 0) is 9.53 Å². The Hall–Kier alpha value is 0.300. The van der Waals surface area contributed by atoms with Gasteiger partial charge in [0.2, 0.25) is 0 Å². The normalized spacial score (nSPS) is 8.33. The first kappa shape index (κ1) is 14.8.